The van der Waals surface area contributed by atoms with E-state index in [0.717, 1.165) is 26.9 Å². The molecular weight excluding hydrogens is 294 g/mol. The van der Waals surface area contributed by atoms with E-state index < -0.39 is 0 Å². The van der Waals surface area contributed by atoms with Crippen molar-refractivity contribution in [2.45, 2.75) is 13.8 Å². The Morgan fingerprint density at radius 2 is 2.00 bits per heavy atom. The van der Waals surface area contributed by atoms with Crippen molar-refractivity contribution < 1.29 is 4.74 Å². The average molecular weight is 310 g/mol. The van der Waals surface area contributed by atoms with Gasteiger partial charge >= 0.3 is 0 Å². The zero-order valence-electron chi connectivity index (χ0n) is 10.9. The van der Waals surface area contributed by atoms with Crippen LogP contribution in [-0.2, 0) is 7.05 Å². The molecule has 0 saturated carbocycles. The molecule has 0 aliphatic carbocycles. The maximum absolute atomic E-state index is 6.03. The molecule has 1 aromatic carbocycles. The van der Waals surface area contributed by atoms with Crippen LogP contribution in [-0.4, -0.2) is 16.9 Å². The molecule has 4 nitrogen and oxygen atoms in total. The normalized spacial score (nSPS) is 10.7. The maximum atomic E-state index is 6.03. The number of rotatable bonds is 2. The van der Waals surface area contributed by atoms with Crippen molar-refractivity contribution in [3.05, 3.63) is 27.9 Å². The van der Waals surface area contributed by atoms with Crippen LogP contribution in [0.5, 0.6) is 5.75 Å². The molecule has 0 aliphatic rings. The first-order valence-corrected chi connectivity index (χ1v) is 6.38. The van der Waals surface area contributed by atoms with Gasteiger partial charge in [0.15, 0.2) is 0 Å². The SMILES string of the molecule is COc1c(-c2cnn(C)c2N)cc(C)c(C)c1Br. The van der Waals surface area contributed by atoms with Crippen molar-refractivity contribution in [3.8, 4) is 16.9 Å². The van der Waals surface area contributed by atoms with Gasteiger partial charge in [0.25, 0.3) is 0 Å². The number of nitrogens with two attached hydrogens (primary N) is 1. The second-order valence-corrected chi connectivity index (χ2v) is 5.07. The smallest absolute Gasteiger partial charge is 0.141 e. The van der Waals surface area contributed by atoms with Crippen molar-refractivity contribution in [1.82, 2.24) is 9.78 Å². The molecule has 5 heteroatoms. The summed E-state index contributed by atoms with van der Waals surface area (Å²) in [5, 5.41) is 4.17. The fraction of sp³-hybridized carbons (Fsp3) is 0.308. The van der Waals surface area contributed by atoms with E-state index in [0.29, 0.717) is 5.82 Å². The molecule has 1 heterocycles. The standard InChI is InChI=1S/C13H16BrN3O/c1-7-5-9(10-6-16-17(3)13(10)15)12(18-4)11(14)8(7)2/h5-6H,15H2,1-4H3. The lowest BCUT2D eigenvalue weighted by Gasteiger charge is -2.14. The maximum Gasteiger partial charge on any atom is 0.141 e. The molecule has 96 valence electrons. The van der Waals surface area contributed by atoms with E-state index in [4.69, 9.17) is 10.5 Å². The van der Waals surface area contributed by atoms with Gasteiger partial charge in [0.05, 0.1) is 17.8 Å². The summed E-state index contributed by atoms with van der Waals surface area (Å²) >= 11 is 3.58. The molecule has 0 fully saturated rings. The molecule has 2 rings (SSSR count). The van der Waals surface area contributed by atoms with Gasteiger partial charge in [-0.15, -0.1) is 0 Å². The van der Waals surface area contributed by atoms with Crippen LogP contribution in [0.1, 0.15) is 11.1 Å². The first-order valence-electron chi connectivity index (χ1n) is 5.59. The van der Waals surface area contributed by atoms with Gasteiger partial charge < -0.3 is 10.5 Å². The number of anilines is 1. The molecular formula is C13H16BrN3O. The molecule has 0 atom stereocenters. The number of hydrogen-bond donors (Lipinski definition) is 1. The summed E-state index contributed by atoms with van der Waals surface area (Å²) in [5.41, 5.74) is 10.2. The largest absolute Gasteiger partial charge is 0.495 e. The summed E-state index contributed by atoms with van der Waals surface area (Å²) in [7, 11) is 3.48. The minimum atomic E-state index is 0.628. The minimum absolute atomic E-state index is 0.628. The third-order valence-electron chi connectivity index (χ3n) is 3.20. The monoisotopic (exact) mass is 309 g/mol. The second kappa shape index (κ2) is 4.65. The molecule has 1 aromatic heterocycles. The summed E-state index contributed by atoms with van der Waals surface area (Å²) in [6.07, 6.45) is 1.76. The van der Waals surface area contributed by atoms with Gasteiger partial charge in [-0.05, 0) is 47.0 Å². The molecule has 0 spiro atoms. The van der Waals surface area contributed by atoms with Gasteiger partial charge in [-0.1, -0.05) is 0 Å². The summed E-state index contributed by atoms with van der Waals surface area (Å²) in [6, 6.07) is 2.08. The van der Waals surface area contributed by atoms with Crippen molar-refractivity contribution in [3.63, 3.8) is 0 Å². The van der Waals surface area contributed by atoms with Crippen LogP contribution in [0.4, 0.5) is 5.82 Å². The third kappa shape index (κ3) is 1.88. The Bertz CT molecular complexity index is 605. The quantitative estimate of drug-likeness (QED) is 0.927. The van der Waals surface area contributed by atoms with Crippen molar-refractivity contribution in [2.75, 3.05) is 12.8 Å². The molecule has 0 aliphatic heterocycles. The van der Waals surface area contributed by atoms with E-state index in [1.165, 1.54) is 5.56 Å². The van der Waals surface area contributed by atoms with Gasteiger partial charge in [0.1, 0.15) is 11.6 Å². The van der Waals surface area contributed by atoms with Crippen molar-refractivity contribution in [1.29, 1.82) is 0 Å². The molecule has 0 bridgehead atoms. The highest BCUT2D eigenvalue weighted by Gasteiger charge is 2.17. The third-order valence-corrected chi connectivity index (χ3v) is 4.16. The van der Waals surface area contributed by atoms with Crippen LogP contribution >= 0.6 is 15.9 Å². The molecule has 2 aromatic rings. The van der Waals surface area contributed by atoms with Gasteiger partial charge in [-0.25, -0.2) is 0 Å². The van der Waals surface area contributed by atoms with Gasteiger partial charge in [-0.2, -0.15) is 5.10 Å². The highest BCUT2D eigenvalue weighted by Crippen LogP contribution is 2.41. The molecule has 18 heavy (non-hydrogen) atoms. The van der Waals surface area contributed by atoms with Crippen molar-refractivity contribution >= 4 is 21.7 Å². The van der Waals surface area contributed by atoms with E-state index in [-0.39, 0.29) is 0 Å². The Labute approximate surface area is 115 Å². The molecule has 0 amide bonds. The number of methoxy groups -OCH3 is 1. The Morgan fingerprint density at radius 3 is 2.50 bits per heavy atom. The predicted octanol–water partition coefficient (Wildman–Crippen LogP) is 3.06. The topological polar surface area (TPSA) is 53.1 Å². The van der Waals surface area contributed by atoms with Crippen LogP contribution < -0.4 is 10.5 Å². The lowest BCUT2D eigenvalue weighted by Crippen LogP contribution is -1.99. The Hall–Kier alpha value is -1.49. The molecule has 0 saturated heterocycles. The first kappa shape index (κ1) is 13.0. The summed E-state index contributed by atoms with van der Waals surface area (Å²) in [5.74, 6) is 1.42. The number of benzene rings is 1. The highest BCUT2D eigenvalue weighted by molar-refractivity contribution is 9.10. The molecule has 2 N–H and O–H groups in total. The van der Waals surface area contributed by atoms with E-state index in [2.05, 4.69) is 40.9 Å². The second-order valence-electron chi connectivity index (χ2n) is 4.28. The zero-order valence-corrected chi connectivity index (χ0v) is 12.5. The first-order chi connectivity index (χ1) is 8.47. The van der Waals surface area contributed by atoms with E-state index in [1.54, 1.807) is 18.0 Å². The van der Waals surface area contributed by atoms with Crippen molar-refractivity contribution in [2.24, 2.45) is 7.05 Å². The molecule has 0 unspecified atom stereocenters. The Kier molecular flexibility index (Phi) is 3.34. The van der Waals surface area contributed by atoms with E-state index >= 15 is 0 Å². The average Bonchev–Trinajstić information content (AvgIpc) is 2.67. The fourth-order valence-corrected chi connectivity index (χ4v) is 2.59. The summed E-state index contributed by atoms with van der Waals surface area (Å²) in [4.78, 5) is 0. The van der Waals surface area contributed by atoms with Crippen LogP contribution in [0.25, 0.3) is 11.1 Å². The molecule has 0 radical (unpaired) electrons. The lowest BCUT2D eigenvalue weighted by molar-refractivity contribution is 0.413. The van der Waals surface area contributed by atoms with Gasteiger partial charge in [-0.3, -0.25) is 4.68 Å². The predicted molar refractivity (Wildman–Crippen MR) is 76.8 cm³/mol. The fourth-order valence-electron chi connectivity index (χ4n) is 1.91. The number of hydrogen-bond acceptors (Lipinski definition) is 3. The van der Waals surface area contributed by atoms with E-state index in [1.807, 2.05) is 7.05 Å². The Balaban J connectivity index is 2.75. The minimum Gasteiger partial charge on any atom is -0.495 e. The van der Waals surface area contributed by atoms with E-state index in [9.17, 15) is 0 Å². The highest BCUT2D eigenvalue weighted by atomic mass is 79.9. The zero-order chi connectivity index (χ0) is 13.4. The van der Waals surface area contributed by atoms with Crippen LogP contribution in [0.15, 0.2) is 16.7 Å². The van der Waals surface area contributed by atoms with Gasteiger partial charge in [0.2, 0.25) is 0 Å². The Morgan fingerprint density at radius 1 is 1.33 bits per heavy atom. The summed E-state index contributed by atoms with van der Waals surface area (Å²) in [6.45, 7) is 4.12. The number of nitrogen functional groups attached to an aromatic ring is 1. The van der Waals surface area contributed by atoms with Crippen LogP contribution in [0.2, 0.25) is 0 Å². The number of halogens is 1. The lowest BCUT2D eigenvalue weighted by atomic mass is 10.0. The summed E-state index contributed by atoms with van der Waals surface area (Å²) < 4.78 is 8.10. The number of aryl methyl sites for hydroxylation is 2. The number of ether oxygens (including phenoxy) is 1. The number of aromatic nitrogens is 2. The van der Waals surface area contributed by atoms with Crippen LogP contribution in [0.3, 0.4) is 0 Å². The van der Waals surface area contributed by atoms with Crippen LogP contribution in [0, 0.1) is 13.8 Å². The van der Waals surface area contributed by atoms with Gasteiger partial charge in [0, 0.05) is 18.2 Å². The number of nitrogens with zero attached hydrogens (tertiary/aromatic N) is 2.